The van der Waals surface area contributed by atoms with E-state index in [-0.39, 0.29) is 56.5 Å². The summed E-state index contributed by atoms with van der Waals surface area (Å²) in [5.74, 6) is -0.851. The minimum Gasteiger partial charge on any atom is -0.743 e. The molecule has 0 radical (unpaired) electrons. The number of hydrogen-bond acceptors (Lipinski definition) is 18. The maximum atomic E-state index is 14.0. The Balaban J connectivity index is 0.000000195. The molecule has 0 N–H and O–H groups in total. The van der Waals surface area contributed by atoms with Gasteiger partial charge in [0, 0.05) is 16.7 Å². The van der Waals surface area contributed by atoms with Gasteiger partial charge >= 0.3 is 15.8 Å². The van der Waals surface area contributed by atoms with Crippen LogP contribution in [0.1, 0.15) is 218 Å². The van der Waals surface area contributed by atoms with Crippen LogP contribution in [0.2, 0.25) is 0 Å². The van der Waals surface area contributed by atoms with E-state index in [4.69, 9.17) is 42.6 Å². The Morgan fingerprint density at radius 2 is 0.526 bits per heavy atom. The van der Waals surface area contributed by atoms with Gasteiger partial charge in [0.15, 0.2) is 110 Å². The second-order valence-electron chi connectivity index (χ2n) is 40.5. The molecular formula is C105H130F6O18S6. The topological polar surface area (TPSA) is 255 Å². The summed E-state index contributed by atoms with van der Waals surface area (Å²) in [5.41, 5.74) is 6.13. The Bertz CT molecular complexity index is 5770. The quantitative estimate of drug-likeness (QED) is 0.0309. The molecule has 0 bridgehead atoms. The predicted molar refractivity (Wildman–Crippen MR) is 513 cm³/mol. The van der Waals surface area contributed by atoms with E-state index >= 15 is 0 Å². The first-order valence-electron chi connectivity index (χ1n) is 45.5. The third kappa shape index (κ3) is 25.1. The standard InChI is InChI=1S/C35H42F2O6S2.2C35H44F2O6S2/c1-24(35(36,37)45(38,39)40)43-29-14-20-32(21-15-29)44(30-16-10-27(11-17-30)33(2,3)4)31-18-12-28(13-19-31)34(5)41-22-25-8-6-7-9-26(25)23-42-34;1-24(35(36,37)45(38,39)40)43-27-14-20-30(21-15-27)44(28-16-10-25(11-17-28)31(2,3)4)29-18-12-26(13-19-29)34(9)41-22-32(5,6)33(7,8)23-42-34;1-22-23(2)25(4)43-34(9,42-24(22)3)28-12-18-31(19-13-28)44(30-16-10-27(11-17-30)33(6,7)8)32-20-14-29(15-21-32)41-26(5)35(36,37)45(38,39)40/h10-21,24-26H,6-9,22-23H2,1-5H3;10-21,24H,22-23H2,1-9H3;10-26H,1-9H3. The fourth-order valence-electron chi connectivity index (χ4n) is 16.2. The zero-order valence-electron chi connectivity index (χ0n) is 81.2. The van der Waals surface area contributed by atoms with Crippen LogP contribution in [0, 0.1) is 34.5 Å². The van der Waals surface area contributed by atoms with Crippen molar-refractivity contribution in [2.45, 2.75) is 309 Å². The van der Waals surface area contributed by atoms with Crippen molar-refractivity contribution in [2.24, 2.45) is 34.5 Å². The van der Waals surface area contributed by atoms with E-state index in [2.05, 4.69) is 239 Å². The van der Waals surface area contributed by atoms with E-state index in [1.807, 2.05) is 45.0 Å². The first-order chi connectivity index (χ1) is 62.4. The SMILES string of the molecule is CC(Oc1ccc([S+](c2ccc(C(C)(C)C)cc2)c2ccc(C3(C)OCC(C)(C)C(C)(C)CO3)cc2)cc1)C(F)(F)S(=O)(=O)[O-].CC(Oc1ccc([S+](c2ccc(C(C)(C)C)cc2)c2ccc(C3(C)OCC4CCCCC4CO3)cc2)cc1)C(F)(F)S(=O)(=O)[O-].CC1OC(C)(c2ccc([S+](c3ccc(OC(C)C(F)(F)S(=O)(=O)[O-])cc3)c3ccc(C(C)(C)C)cc3)cc2)OC(C)C(C)C1C. The van der Waals surface area contributed by atoms with Gasteiger partial charge in [-0.3, -0.25) is 0 Å². The van der Waals surface area contributed by atoms with Crippen molar-refractivity contribution >= 4 is 63.0 Å². The average molecular weight is 1990 g/mol. The van der Waals surface area contributed by atoms with E-state index in [0.29, 0.717) is 50.1 Å². The zero-order chi connectivity index (χ0) is 99.8. The molecule has 0 aromatic heterocycles. The number of rotatable bonds is 24. The van der Waals surface area contributed by atoms with E-state index in [1.165, 1.54) is 78.8 Å². The zero-order valence-corrected chi connectivity index (χ0v) is 86.1. The molecule has 4 fully saturated rings. The summed E-state index contributed by atoms with van der Waals surface area (Å²) in [6.07, 6.45) is -1.61. The Kier molecular flexibility index (Phi) is 33.1. The summed E-state index contributed by atoms with van der Waals surface area (Å²) < 4.78 is 238. The van der Waals surface area contributed by atoms with Crippen LogP contribution in [0.15, 0.2) is 262 Å². The van der Waals surface area contributed by atoms with E-state index in [1.54, 1.807) is 36.4 Å². The van der Waals surface area contributed by atoms with Crippen LogP contribution in [-0.4, -0.2) is 112 Å². The van der Waals surface area contributed by atoms with Gasteiger partial charge in [-0.05, 0) is 318 Å². The highest BCUT2D eigenvalue weighted by Gasteiger charge is 2.51. The first-order valence-corrected chi connectivity index (χ1v) is 53.4. The lowest BCUT2D eigenvalue weighted by molar-refractivity contribution is -0.260. The maximum Gasteiger partial charge on any atom is 0.369 e. The molecule has 30 heteroatoms. The van der Waals surface area contributed by atoms with Crippen molar-refractivity contribution in [1.29, 1.82) is 0 Å². The van der Waals surface area contributed by atoms with E-state index in [9.17, 15) is 65.3 Å². The minimum atomic E-state index is -5.88. The molecule has 13 rings (SSSR count). The van der Waals surface area contributed by atoms with E-state index in [0.717, 1.165) is 81.5 Å². The third-order valence-corrected chi connectivity index (χ3v) is 36.5. The summed E-state index contributed by atoms with van der Waals surface area (Å²) >= 11 is 0. The molecule has 4 aliphatic rings. The molecule has 736 valence electrons. The fourth-order valence-corrected chi connectivity index (χ4v) is 23.7. The highest BCUT2D eigenvalue weighted by Crippen LogP contribution is 2.49. The van der Waals surface area contributed by atoms with Gasteiger partial charge in [-0.1, -0.05) is 153 Å². The average Bonchev–Trinajstić information content (AvgIpc) is 1.63. The number of fused-ring (bicyclic) bond motifs is 1. The number of ether oxygens (including phenoxy) is 9. The molecule has 0 amide bonds. The Labute approximate surface area is 804 Å². The molecule has 0 spiro atoms. The molecule has 9 aromatic rings. The first kappa shape index (κ1) is 108. The molecule has 135 heavy (non-hydrogen) atoms. The van der Waals surface area contributed by atoms with Gasteiger partial charge in [0.25, 0.3) is 0 Å². The summed E-state index contributed by atoms with van der Waals surface area (Å²) in [6.45, 7) is 47.7. The van der Waals surface area contributed by atoms with Crippen LogP contribution < -0.4 is 14.2 Å². The minimum absolute atomic E-state index is 0.00253. The molecule has 3 saturated heterocycles. The fraction of sp³-hybridized carbons (Fsp3) is 0.486. The van der Waals surface area contributed by atoms with Crippen molar-refractivity contribution in [1.82, 2.24) is 0 Å². The second-order valence-corrected chi connectivity index (χ2v) is 51.0. The Morgan fingerprint density at radius 3 is 0.741 bits per heavy atom. The van der Waals surface area contributed by atoms with E-state index < -0.39 is 114 Å². The van der Waals surface area contributed by atoms with Crippen molar-refractivity contribution in [2.75, 3.05) is 26.4 Å². The van der Waals surface area contributed by atoms with Crippen LogP contribution in [0.4, 0.5) is 26.3 Å². The molecule has 3 aliphatic heterocycles. The molecule has 12 atom stereocenters. The maximum absolute atomic E-state index is 14.0. The lowest BCUT2D eigenvalue weighted by Crippen LogP contribution is -2.42. The molecule has 12 unspecified atom stereocenters. The lowest BCUT2D eigenvalue weighted by Gasteiger charge is -2.38. The van der Waals surface area contributed by atoms with Crippen molar-refractivity contribution in [3.63, 3.8) is 0 Å². The number of hydrogen-bond donors (Lipinski definition) is 0. The van der Waals surface area contributed by atoms with Crippen LogP contribution in [-0.2, 0) is 125 Å². The number of alkyl halides is 6. The highest BCUT2D eigenvalue weighted by atomic mass is 32.2. The summed E-state index contributed by atoms with van der Waals surface area (Å²) in [4.78, 5) is 8.96. The Hall–Kier alpha value is -7.50. The normalized spacial score (nSPS) is 23.4. The van der Waals surface area contributed by atoms with Gasteiger partial charge in [0.1, 0.15) is 17.2 Å². The van der Waals surface area contributed by atoms with Crippen LogP contribution in [0.5, 0.6) is 17.2 Å². The number of benzene rings is 9. The van der Waals surface area contributed by atoms with Crippen molar-refractivity contribution in [3.05, 3.63) is 252 Å². The summed E-state index contributed by atoms with van der Waals surface area (Å²) in [5, 5.41) is -13.7. The second kappa shape index (κ2) is 41.4. The summed E-state index contributed by atoms with van der Waals surface area (Å²) in [7, 11) is -19.4. The molecule has 18 nitrogen and oxygen atoms in total. The predicted octanol–water partition coefficient (Wildman–Crippen LogP) is 24.5. The molecule has 3 heterocycles. The van der Waals surface area contributed by atoms with Gasteiger partial charge in [0.2, 0.25) is 0 Å². The lowest BCUT2D eigenvalue weighted by atomic mass is 9.69. The molecular weight excluding hydrogens is 1860 g/mol. The largest absolute Gasteiger partial charge is 0.743 e. The third-order valence-electron chi connectivity index (χ3n) is 26.8. The monoisotopic (exact) mass is 1980 g/mol. The van der Waals surface area contributed by atoms with Gasteiger partial charge in [-0.15, -0.1) is 0 Å². The number of halogens is 6. The van der Waals surface area contributed by atoms with Crippen molar-refractivity contribution < 1.29 is 108 Å². The molecule has 1 saturated carbocycles. The Morgan fingerprint density at radius 1 is 0.326 bits per heavy atom. The smallest absolute Gasteiger partial charge is 0.369 e. The highest BCUT2D eigenvalue weighted by molar-refractivity contribution is 7.97. The van der Waals surface area contributed by atoms with Gasteiger partial charge in [0.05, 0.1) is 71.3 Å². The van der Waals surface area contributed by atoms with Gasteiger partial charge in [-0.2, -0.15) is 26.3 Å². The van der Waals surface area contributed by atoms with Gasteiger partial charge in [-0.25, -0.2) is 25.3 Å². The van der Waals surface area contributed by atoms with Crippen LogP contribution in [0.25, 0.3) is 0 Å². The molecule has 1 aliphatic carbocycles. The van der Waals surface area contributed by atoms with Crippen molar-refractivity contribution in [3.8, 4) is 17.2 Å². The van der Waals surface area contributed by atoms with Crippen LogP contribution >= 0.6 is 0 Å². The van der Waals surface area contributed by atoms with Crippen LogP contribution in [0.3, 0.4) is 0 Å². The summed E-state index contributed by atoms with van der Waals surface area (Å²) in [6, 6.07) is 69.7. The van der Waals surface area contributed by atoms with Gasteiger partial charge < -0.3 is 56.3 Å². The molecule has 9 aromatic carbocycles.